The number of carboxylic acid groups (broad SMARTS) is 2. The second-order valence-electron chi connectivity index (χ2n) is 4.29. The van der Waals surface area contributed by atoms with Gasteiger partial charge in [0.05, 0.1) is 12.0 Å². The number of hydrogen-bond donors (Lipinski definition) is 2. The Hall–Kier alpha value is -2.48. The molecule has 0 unspecified atom stereocenters. The normalized spacial score (nSPS) is 10.3. The second-order valence-corrected chi connectivity index (χ2v) is 5.10. The molecule has 1 aromatic carbocycles. The van der Waals surface area contributed by atoms with Crippen molar-refractivity contribution in [1.29, 1.82) is 0 Å². The van der Waals surface area contributed by atoms with E-state index in [0.29, 0.717) is 11.7 Å². The van der Waals surface area contributed by atoms with Gasteiger partial charge in [-0.1, -0.05) is 23.5 Å². The number of aromatic nitrogens is 2. The van der Waals surface area contributed by atoms with Gasteiger partial charge in [0.15, 0.2) is 0 Å². The summed E-state index contributed by atoms with van der Waals surface area (Å²) in [6, 6.07) is 6.53. The van der Waals surface area contributed by atoms with Crippen LogP contribution in [0.25, 0.3) is 0 Å². The monoisotopic (exact) mass is 307 g/mol. The van der Waals surface area contributed by atoms with E-state index in [1.54, 1.807) is 28.6 Å². The first-order valence-corrected chi connectivity index (χ1v) is 6.99. The molecule has 0 saturated heterocycles. The molecule has 0 fully saturated rings. The zero-order valence-electron chi connectivity index (χ0n) is 11.0. The number of hydrogen-bond acceptors (Lipinski definition) is 6. The molecule has 0 aliphatic carbocycles. The molecule has 110 valence electrons. The minimum atomic E-state index is -0.996. The van der Waals surface area contributed by atoms with Crippen molar-refractivity contribution < 1.29 is 19.8 Å². The van der Waals surface area contributed by atoms with Crippen molar-refractivity contribution in [3.8, 4) is 0 Å². The third kappa shape index (κ3) is 4.25. The van der Waals surface area contributed by atoms with Crippen LogP contribution >= 0.6 is 11.3 Å². The summed E-state index contributed by atoms with van der Waals surface area (Å²) in [6.45, 7) is 0.658. The van der Waals surface area contributed by atoms with Gasteiger partial charge in [-0.05, 0) is 17.7 Å². The Morgan fingerprint density at radius 1 is 1.29 bits per heavy atom. The lowest BCUT2D eigenvalue weighted by atomic mass is 10.1. The second kappa shape index (κ2) is 6.80. The molecular weight excluding hydrogens is 294 g/mol. The van der Waals surface area contributed by atoms with Gasteiger partial charge < -0.3 is 15.1 Å². The lowest BCUT2D eigenvalue weighted by Crippen LogP contribution is -2.25. The maximum atomic E-state index is 11.0. The summed E-state index contributed by atoms with van der Waals surface area (Å²) in [5.74, 6) is -1.89. The number of carboxylic acids is 2. The molecule has 1 aromatic heterocycles. The van der Waals surface area contributed by atoms with Gasteiger partial charge >= 0.3 is 11.9 Å². The largest absolute Gasteiger partial charge is 0.481 e. The van der Waals surface area contributed by atoms with Gasteiger partial charge in [0.1, 0.15) is 5.51 Å². The molecule has 2 N–H and O–H groups in total. The molecule has 0 radical (unpaired) electrons. The van der Waals surface area contributed by atoms with E-state index < -0.39 is 11.9 Å². The van der Waals surface area contributed by atoms with Gasteiger partial charge in [0.2, 0.25) is 5.13 Å². The SMILES string of the molecule is O=C(O)CCN(Cc1cccc(C(=O)O)c1)c1nncs1. The highest BCUT2D eigenvalue weighted by Gasteiger charge is 2.13. The molecular formula is C13H13N3O4S. The molecule has 0 saturated carbocycles. The standard InChI is InChI=1S/C13H13N3O4S/c17-11(18)4-5-16(13-15-14-8-21-13)7-9-2-1-3-10(6-9)12(19)20/h1-3,6,8H,4-5,7H2,(H,17,18)(H,19,20). The molecule has 0 aliphatic heterocycles. The van der Waals surface area contributed by atoms with Gasteiger partial charge in [0, 0.05) is 13.1 Å². The molecule has 0 atom stereocenters. The van der Waals surface area contributed by atoms with Crippen LogP contribution in [-0.4, -0.2) is 38.9 Å². The predicted molar refractivity (Wildman–Crippen MR) is 76.6 cm³/mol. The number of aliphatic carboxylic acids is 1. The van der Waals surface area contributed by atoms with Gasteiger partial charge in [-0.3, -0.25) is 4.79 Å². The Morgan fingerprint density at radius 2 is 2.10 bits per heavy atom. The summed E-state index contributed by atoms with van der Waals surface area (Å²) in [5, 5.41) is 26.1. The fourth-order valence-corrected chi connectivity index (χ4v) is 2.39. The van der Waals surface area contributed by atoms with Crippen molar-refractivity contribution in [2.75, 3.05) is 11.4 Å². The van der Waals surface area contributed by atoms with Crippen molar-refractivity contribution in [2.24, 2.45) is 0 Å². The molecule has 0 spiro atoms. The number of carbonyl (C=O) groups is 2. The highest BCUT2D eigenvalue weighted by molar-refractivity contribution is 7.13. The van der Waals surface area contributed by atoms with Crippen molar-refractivity contribution in [3.05, 3.63) is 40.9 Å². The van der Waals surface area contributed by atoms with Crippen LogP contribution in [0.1, 0.15) is 22.3 Å². The van der Waals surface area contributed by atoms with Crippen LogP contribution in [0.2, 0.25) is 0 Å². The summed E-state index contributed by atoms with van der Waals surface area (Å²) in [7, 11) is 0. The molecule has 7 nitrogen and oxygen atoms in total. The van der Waals surface area contributed by atoms with Crippen molar-refractivity contribution in [1.82, 2.24) is 10.2 Å². The van der Waals surface area contributed by atoms with E-state index in [2.05, 4.69) is 10.2 Å². The molecule has 2 aromatic rings. The Balaban J connectivity index is 2.16. The summed E-state index contributed by atoms with van der Waals surface area (Å²) in [5.41, 5.74) is 2.54. The number of nitrogens with zero attached hydrogens (tertiary/aromatic N) is 3. The number of aromatic carboxylic acids is 1. The minimum Gasteiger partial charge on any atom is -0.481 e. The van der Waals surface area contributed by atoms with E-state index in [4.69, 9.17) is 10.2 Å². The van der Waals surface area contributed by atoms with Gasteiger partial charge in [-0.15, -0.1) is 10.2 Å². The minimum absolute atomic E-state index is 0.0296. The van der Waals surface area contributed by atoms with E-state index in [1.165, 1.54) is 17.4 Å². The van der Waals surface area contributed by atoms with Crippen molar-refractivity contribution >= 4 is 28.4 Å². The molecule has 1 heterocycles. The third-order valence-electron chi connectivity index (χ3n) is 2.76. The fourth-order valence-electron chi connectivity index (χ4n) is 1.80. The lowest BCUT2D eigenvalue weighted by molar-refractivity contribution is -0.136. The smallest absolute Gasteiger partial charge is 0.335 e. The summed E-state index contributed by atoms with van der Waals surface area (Å²) >= 11 is 1.31. The first kappa shape index (κ1) is 14.9. The Kier molecular flexibility index (Phi) is 4.83. The fraction of sp³-hybridized carbons (Fsp3) is 0.231. The Morgan fingerprint density at radius 3 is 2.71 bits per heavy atom. The maximum absolute atomic E-state index is 11.0. The first-order chi connectivity index (χ1) is 10.1. The van der Waals surface area contributed by atoms with E-state index in [9.17, 15) is 9.59 Å². The van der Waals surface area contributed by atoms with E-state index >= 15 is 0 Å². The average Bonchev–Trinajstić information content (AvgIpc) is 2.97. The number of rotatable bonds is 7. The Bertz CT molecular complexity index is 630. The quantitative estimate of drug-likeness (QED) is 0.802. The van der Waals surface area contributed by atoms with Crippen LogP contribution in [0.3, 0.4) is 0 Å². The highest BCUT2D eigenvalue weighted by Crippen LogP contribution is 2.19. The zero-order chi connectivity index (χ0) is 15.2. The summed E-state index contributed by atoms with van der Waals surface area (Å²) in [4.78, 5) is 23.5. The number of anilines is 1. The maximum Gasteiger partial charge on any atom is 0.335 e. The lowest BCUT2D eigenvalue weighted by Gasteiger charge is -2.20. The number of benzene rings is 1. The molecule has 0 aliphatic rings. The molecule has 0 amide bonds. The van der Waals surface area contributed by atoms with Gasteiger partial charge in [-0.25, -0.2) is 4.79 Å². The van der Waals surface area contributed by atoms with Crippen LogP contribution in [0.4, 0.5) is 5.13 Å². The molecule has 2 rings (SSSR count). The van der Waals surface area contributed by atoms with Gasteiger partial charge in [0.25, 0.3) is 0 Å². The van der Waals surface area contributed by atoms with Crippen molar-refractivity contribution in [3.63, 3.8) is 0 Å². The van der Waals surface area contributed by atoms with Crippen LogP contribution in [-0.2, 0) is 11.3 Å². The van der Waals surface area contributed by atoms with Crippen LogP contribution in [0, 0.1) is 0 Å². The van der Waals surface area contributed by atoms with Crippen LogP contribution in [0.15, 0.2) is 29.8 Å². The Labute approximate surface area is 124 Å². The molecule has 0 bridgehead atoms. The zero-order valence-corrected chi connectivity index (χ0v) is 11.8. The van der Waals surface area contributed by atoms with Crippen LogP contribution < -0.4 is 4.90 Å². The first-order valence-electron chi connectivity index (χ1n) is 6.11. The topological polar surface area (TPSA) is 104 Å². The predicted octanol–water partition coefficient (Wildman–Crippen LogP) is 1.72. The van der Waals surface area contributed by atoms with E-state index in [-0.39, 0.29) is 18.5 Å². The third-order valence-corrected chi connectivity index (χ3v) is 3.51. The van der Waals surface area contributed by atoms with E-state index in [0.717, 1.165) is 5.56 Å². The molecule has 8 heteroatoms. The average molecular weight is 307 g/mol. The summed E-state index contributed by atoms with van der Waals surface area (Å²) in [6.07, 6.45) is -0.0296. The van der Waals surface area contributed by atoms with Gasteiger partial charge in [-0.2, -0.15) is 0 Å². The van der Waals surface area contributed by atoms with Crippen molar-refractivity contribution in [2.45, 2.75) is 13.0 Å². The van der Waals surface area contributed by atoms with E-state index in [1.807, 2.05) is 0 Å². The molecule has 21 heavy (non-hydrogen) atoms. The summed E-state index contributed by atoms with van der Waals surface area (Å²) < 4.78 is 0. The van der Waals surface area contributed by atoms with Crippen LogP contribution in [0.5, 0.6) is 0 Å². The highest BCUT2D eigenvalue weighted by atomic mass is 32.1.